The summed E-state index contributed by atoms with van der Waals surface area (Å²) in [5.41, 5.74) is -0.792. The van der Waals surface area contributed by atoms with E-state index in [1.54, 1.807) is 0 Å². The van der Waals surface area contributed by atoms with Crippen molar-refractivity contribution in [2.75, 3.05) is 19.7 Å². The molecule has 0 aromatic heterocycles. The Bertz CT molecular complexity index is 182. The SMILES string of the molecule is O=C(O)C(=O)O.OCC1(O)CNC1. The van der Waals surface area contributed by atoms with E-state index in [1.165, 1.54) is 0 Å². The molecule has 13 heavy (non-hydrogen) atoms. The highest BCUT2D eigenvalue weighted by molar-refractivity contribution is 6.27. The third-order valence-electron chi connectivity index (χ3n) is 1.39. The quantitative estimate of drug-likeness (QED) is 0.290. The number of carboxylic acid groups (broad SMARTS) is 2. The number of carbonyl (C=O) groups is 2. The van der Waals surface area contributed by atoms with E-state index in [4.69, 9.17) is 30.0 Å². The maximum Gasteiger partial charge on any atom is 0.414 e. The van der Waals surface area contributed by atoms with E-state index >= 15 is 0 Å². The number of aliphatic hydroxyl groups excluding tert-OH is 1. The first-order chi connectivity index (χ1) is 5.91. The lowest BCUT2D eigenvalue weighted by atomic mass is 9.99. The molecule has 0 spiro atoms. The molecule has 0 saturated carbocycles. The summed E-state index contributed by atoms with van der Waals surface area (Å²) in [6.45, 7) is 0.938. The molecule has 0 bridgehead atoms. The fraction of sp³-hybridized carbons (Fsp3) is 0.667. The maximum absolute atomic E-state index is 9.10. The third-order valence-corrected chi connectivity index (χ3v) is 1.39. The Labute approximate surface area is 73.6 Å². The predicted octanol–water partition coefficient (Wildman–Crippen LogP) is -2.53. The standard InChI is InChI=1S/C4H9NO2.C2H2O4/c6-3-4(7)1-5-2-4;3-1(4)2(5)6/h5-7H,1-3H2;(H,3,4)(H,5,6). The van der Waals surface area contributed by atoms with Gasteiger partial charge in [0.2, 0.25) is 0 Å². The molecular formula is C6H11NO6. The van der Waals surface area contributed by atoms with Crippen LogP contribution in [0.3, 0.4) is 0 Å². The Morgan fingerprint density at radius 3 is 1.62 bits per heavy atom. The first-order valence-electron chi connectivity index (χ1n) is 3.41. The molecule has 0 amide bonds. The van der Waals surface area contributed by atoms with Crippen LogP contribution in [-0.2, 0) is 9.59 Å². The zero-order valence-corrected chi connectivity index (χ0v) is 6.73. The Kier molecular flexibility index (Phi) is 4.32. The minimum Gasteiger partial charge on any atom is -0.473 e. The van der Waals surface area contributed by atoms with Crippen LogP contribution in [0.15, 0.2) is 0 Å². The lowest BCUT2D eigenvalue weighted by Crippen LogP contribution is -2.61. The largest absolute Gasteiger partial charge is 0.473 e. The summed E-state index contributed by atoms with van der Waals surface area (Å²) in [6, 6.07) is 0. The van der Waals surface area contributed by atoms with Gasteiger partial charge in [0.05, 0.1) is 6.61 Å². The summed E-state index contributed by atoms with van der Waals surface area (Å²) in [5.74, 6) is -3.65. The van der Waals surface area contributed by atoms with Crippen molar-refractivity contribution >= 4 is 11.9 Å². The third kappa shape index (κ3) is 4.41. The topological polar surface area (TPSA) is 127 Å². The maximum atomic E-state index is 9.10. The van der Waals surface area contributed by atoms with E-state index in [-0.39, 0.29) is 6.61 Å². The molecule has 1 aliphatic heterocycles. The zero-order chi connectivity index (χ0) is 10.5. The second-order valence-electron chi connectivity index (χ2n) is 2.60. The molecule has 1 fully saturated rings. The van der Waals surface area contributed by atoms with Crippen molar-refractivity contribution in [1.29, 1.82) is 0 Å². The van der Waals surface area contributed by atoms with Crippen LogP contribution in [-0.4, -0.2) is 57.7 Å². The summed E-state index contributed by atoms with van der Waals surface area (Å²) < 4.78 is 0. The number of aliphatic carboxylic acids is 2. The normalized spacial score (nSPS) is 17.7. The molecular weight excluding hydrogens is 182 g/mol. The zero-order valence-electron chi connectivity index (χ0n) is 6.73. The second-order valence-corrected chi connectivity index (χ2v) is 2.60. The van der Waals surface area contributed by atoms with Crippen molar-refractivity contribution in [3.05, 3.63) is 0 Å². The summed E-state index contributed by atoms with van der Waals surface area (Å²) in [5, 5.41) is 34.9. The number of hydrogen-bond acceptors (Lipinski definition) is 5. The van der Waals surface area contributed by atoms with E-state index in [1.807, 2.05) is 0 Å². The van der Waals surface area contributed by atoms with Gasteiger partial charge >= 0.3 is 11.9 Å². The highest BCUT2D eigenvalue weighted by Crippen LogP contribution is 2.06. The summed E-state index contributed by atoms with van der Waals surface area (Å²) in [4.78, 5) is 18.2. The molecule has 0 unspecified atom stereocenters. The second kappa shape index (κ2) is 4.75. The highest BCUT2D eigenvalue weighted by atomic mass is 16.4. The van der Waals surface area contributed by atoms with Gasteiger partial charge in [-0.2, -0.15) is 0 Å². The minimum atomic E-state index is -1.82. The number of aliphatic hydroxyl groups is 2. The van der Waals surface area contributed by atoms with Crippen LogP contribution in [0.25, 0.3) is 0 Å². The number of rotatable bonds is 1. The van der Waals surface area contributed by atoms with Crippen LogP contribution in [0.1, 0.15) is 0 Å². The van der Waals surface area contributed by atoms with Crippen molar-refractivity contribution in [2.24, 2.45) is 0 Å². The van der Waals surface area contributed by atoms with Gasteiger partial charge in [0.25, 0.3) is 0 Å². The van der Waals surface area contributed by atoms with Crippen LogP contribution in [0.2, 0.25) is 0 Å². The smallest absolute Gasteiger partial charge is 0.414 e. The van der Waals surface area contributed by atoms with Crippen molar-refractivity contribution in [2.45, 2.75) is 5.60 Å². The minimum absolute atomic E-state index is 0.125. The molecule has 0 atom stereocenters. The Balaban J connectivity index is 0.000000226. The first-order valence-corrected chi connectivity index (χ1v) is 3.41. The average Bonchev–Trinajstić information content (AvgIpc) is 2.01. The van der Waals surface area contributed by atoms with E-state index < -0.39 is 17.5 Å². The Morgan fingerprint density at radius 1 is 1.23 bits per heavy atom. The lowest BCUT2D eigenvalue weighted by molar-refractivity contribution is -0.159. The molecule has 5 N–H and O–H groups in total. The van der Waals surface area contributed by atoms with Crippen molar-refractivity contribution in [3.63, 3.8) is 0 Å². The van der Waals surface area contributed by atoms with Crippen LogP contribution in [0.5, 0.6) is 0 Å². The fourth-order valence-corrected chi connectivity index (χ4v) is 0.525. The van der Waals surface area contributed by atoms with Crippen LogP contribution in [0.4, 0.5) is 0 Å². The van der Waals surface area contributed by atoms with Gasteiger partial charge in [-0.25, -0.2) is 9.59 Å². The van der Waals surface area contributed by atoms with E-state index in [2.05, 4.69) is 5.32 Å². The number of carboxylic acids is 2. The first kappa shape index (κ1) is 11.8. The van der Waals surface area contributed by atoms with Gasteiger partial charge in [-0.1, -0.05) is 0 Å². The number of nitrogens with one attached hydrogen (secondary N) is 1. The summed E-state index contributed by atoms with van der Waals surface area (Å²) in [6.07, 6.45) is 0. The summed E-state index contributed by atoms with van der Waals surface area (Å²) in [7, 11) is 0. The number of β-amino-alcohol motifs (C(OH)–C–C–N with tert-alkyl or cyclic N) is 1. The Hall–Kier alpha value is -1.18. The van der Waals surface area contributed by atoms with E-state index in [0.717, 1.165) is 0 Å². The van der Waals surface area contributed by atoms with Crippen LogP contribution >= 0.6 is 0 Å². The van der Waals surface area contributed by atoms with Gasteiger partial charge in [-0.15, -0.1) is 0 Å². The lowest BCUT2D eigenvalue weighted by Gasteiger charge is -2.35. The van der Waals surface area contributed by atoms with Crippen molar-refractivity contribution < 1.29 is 30.0 Å². The summed E-state index contributed by atoms with van der Waals surface area (Å²) >= 11 is 0. The van der Waals surface area contributed by atoms with E-state index in [0.29, 0.717) is 13.1 Å². The molecule has 0 aromatic rings. The van der Waals surface area contributed by atoms with Gasteiger partial charge < -0.3 is 25.7 Å². The number of hydrogen-bond donors (Lipinski definition) is 5. The van der Waals surface area contributed by atoms with Gasteiger partial charge in [0.15, 0.2) is 0 Å². The Morgan fingerprint density at radius 2 is 1.62 bits per heavy atom. The molecule has 1 aliphatic rings. The molecule has 1 rings (SSSR count). The predicted molar refractivity (Wildman–Crippen MR) is 40.2 cm³/mol. The molecule has 0 aromatic carbocycles. The van der Waals surface area contributed by atoms with Crippen LogP contribution in [0, 0.1) is 0 Å². The fourth-order valence-electron chi connectivity index (χ4n) is 0.525. The van der Waals surface area contributed by atoms with Crippen molar-refractivity contribution in [1.82, 2.24) is 5.32 Å². The molecule has 7 heteroatoms. The molecule has 1 saturated heterocycles. The van der Waals surface area contributed by atoms with Gasteiger partial charge in [0, 0.05) is 13.1 Å². The van der Waals surface area contributed by atoms with Gasteiger partial charge in [-0.05, 0) is 0 Å². The molecule has 0 radical (unpaired) electrons. The van der Waals surface area contributed by atoms with Crippen LogP contribution < -0.4 is 5.32 Å². The van der Waals surface area contributed by atoms with E-state index in [9.17, 15) is 0 Å². The molecule has 1 heterocycles. The highest BCUT2D eigenvalue weighted by Gasteiger charge is 2.32. The van der Waals surface area contributed by atoms with Crippen molar-refractivity contribution in [3.8, 4) is 0 Å². The van der Waals surface area contributed by atoms with Gasteiger partial charge in [-0.3, -0.25) is 0 Å². The molecule has 76 valence electrons. The molecule has 7 nitrogen and oxygen atoms in total. The molecule has 0 aliphatic carbocycles. The van der Waals surface area contributed by atoms with Gasteiger partial charge in [0.1, 0.15) is 5.60 Å². The monoisotopic (exact) mass is 193 g/mol. The average molecular weight is 193 g/mol.